The highest BCUT2D eigenvalue weighted by Gasteiger charge is 2.26. The Morgan fingerprint density at radius 1 is 1.21 bits per heavy atom. The van der Waals surface area contributed by atoms with Crippen LogP contribution in [0.2, 0.25) is 0 Å². The second-order valence-electron chi connectivity index (χ2n) is 6.15. The highest BCUT2D eigenvalue weighted by atomic mass is 16.4. The molecule has 1 fully saturated rings. The minimum absolute atomic E-state index is 0.0284. The number of nitrogens with one attached hydrogen (secondary N) is 1. The number of carboxylic acid groups (broad SMARTS) is 1. The van der Waals surface area contributed by atoms with Crippen LogP contribution in [-0.4, -0.2) is 23.5 Å². The van der Waals surface area contributed by atoms with E-state index in [-0.39, 0.29) is 18.4 Å². The SMILES string of the molecule is CC(C)CCC[C@H]1CC[C@H](C(=O)NCC(=O)O)CC1. The number of hydrogen-bond donors (Lipinski definition) is 2. The van der Waals surface area contributed by atoms with Crippen molar-refractivity contribution in [1.29, 1.82) is 0 Å². The molecule has 1 rings (SSSR count). The van der Waals surface area contributed by atoms with Gasteiger partial charge in [-0.25, -0.2) is 0 Å². The van der Waals surface area contributed by atoms with Gasteiger partial charge >= 0.3 is 5.97 Å². The molecule has 0 heterocycles. The van der Waals surface area contributed by atoms with Crippen LogP contribution in [0.1, 0.15) is 58.8 Å². The molecule has 1 saturated carbocycles. The maximum atomic E-state index is 11.7. The van der Waals surface area contributed by atoms with Crippen molar-refractivity contribution in [2.24, 2.45) is 17.8 Å². The van der Waals surface area contributed by atoms with Gasteiger partial charge in [-0.1, -0.05) is 33.1 Å². The normalized spacial score (nSPS) is 23.3. The molecule has 1 amide bonds. The molecule has 0 aromatic carbocycles. The average Bonchev–Trinajstić information content (AvgIpc) is 2.36. The first kappa shape index (κ1) is 16.0. The summed E-state index contributed by atoms with van der Waals surface area (Å²) < 4.78 is 0. The summed E-state index contributed by atoms with van der Waals surface area (Å²) in [6.07, 6.45) is 7.92. The van der Waals surface area contributed by atoms with Gasteiger partial charge in [0, 0.05) is 5.92 Å². The highest BCUT2D eigenvalue weighted by Crippen LogP contribution is 2.32. The summed E-state index contributed by atoms with van der Waals surface area (Å²) in [5.41, 5.74) is 0. The van der Waals surface area contributed by atoms with Gasteiger partial charge in [-0.2, -0.15) is 0 Å². The zero-order valence-corrected chi connectivity index (χ0v) is 12.2. The first-order valence-electron chi connectivity index (χ1n) is 7.48. The molecule has 19 heavy (non-hydrogen) atoms. The van der Waals surface area contributed by atoms with E-state index in [4.69, 9.17) is 5.11 Å². The molecule has 1 aliphatic carbocycles. The maximum Gasteiger partial charge on any atom is 0.322 e. The molecule has 0 radical (unpaired) electrons. The smallest absolute Gasteiger partial charge is 0.322 e. The van der Waals surface area contributed by atoms with Crippen molar-refractivity contribution in [1.82, 2.24) is 5.32 Å². The lowest BCUT2D eigenvalue weighted by molar-refractivity contribution is -0.138. The Morgan fingerprint density at radius 2 is 1.84 bits per heavy atom. The Balaban J connectivity index is 2.17. The van der Waals surface area contributed by atoms with Gasteiger partial charge in [-0.15, -0.1) is 0 Å². The maximum absolute atomic E-state index is 11.7. The average molecular weight is 269 g/mol. The largest absolute Gasteiger partial charge is 0.480 e. The molecule has 4 heteroatoms. The van der Waals surface area contributed by atoms with E-state index in [2.05, 4.69) is 19.2 Å². The molecule has 0 aromatic heterocycles. The number of carbonyl (C=O) groups is 2. The van der Waals surface area contributed by atoms with Crippen molar-refractivity contribution < 1.29 is 14.7 Å². The van der Waals surface area contributed by atoms with Crippen LogP contribution in [0, 0.1) is 17.8 Å². The Hall–Kier alpha value is -1.06. The highest BCUT2D eigenvalue weighted by molar-refractivity contribution is 5.82. The summed E-state index contributed by atoms with van der Waals surface area (Å²) in [6, 6.07) is 0. The Kier molecular flexibility index (Phi) is 6.89. The molecule has 0 spiro atoms. The number of rotatable bonds is 7. The van der Waals surface area contributed by atoms with Gasteiger partial charge < -0.3 is 10.4 Å². The first-order valence-corrected chi connectivity index (χ1v) is 7.48. The van der Waals surface area contributed by atoms with Crippen LogP contribution >= 0.6 is 0 Å². The molecular formula is C15H27NO3. The van der Waals surface area contributed by atoms with Gasteiger partial charge in [-0.3, -0.25) is 9.59 Å². The van der Waals surface area contributed by atoms with E-state index in [1.165, 1.54) is 19.3 Å². The van der Waals surface area contributed by atoms with Crippen LogP contribution in [0.4, 0.5) is 0 Å². The van der Waals surface area contributed by atoms with Gasteiger partial charge in [0.2, 0.25) is 5.91 Å². The third kappa shape index (κ3) is 6.60. The van der Waals surface area contributed by atoms with Crippen LogP contribution in [0.5, 0.6) is 0 Å². The molecule has 110 valence electrons. The summed E-state index contributed by atoms with van der Waals surface area (Å²) in [4.78, 5) is 22.1. The summed E-state index contributed by atoms with van der Waals surface area (Å²) in [6.45, 7) is 4.25. The van der Waals surface area contributed by atoms with Crippen LogP contribution in [0.3, 0.4) is 0 Å². The summed E-state index contributed by atoms with van der Waals surface area (Å²) in [7, 11) is 0. The van der Waals surface area contributed by atoms with Crippen molar-refractivity contribution in [2.75, 3.05) is 6.54 Å². The van der Waals surface area contributed by atoms with Gasteiger partial charge in [0.05, 0.1) is 0 Å². The van der Waals surface area contributed by atoms with Gasteiger partial charge in [0.1, 0.15) is 6.54 Å². The lowest BCUT2D eigenvalue weighted by atomic mass is 9.79. The molecule has 4 nitrogen and oxygen atoms in total. The van der Waals surface area contributed by atoms with Crippen molar-refractivity contribution >= 4 is 11.9 Å². The third-order valence-electron chi connectivity index (χ3n) is 4.03. The molecule has 2 N–H and O–H groups in total. The predicted molar refractivity (Wildman–Crippen MR) is 74.8 cm³/mol. The number of aliphatic carboxylic acids is 1. The minimum atomic E-state index is -0.976. The summed E-state index contributed by atoms with van der Waals surface area (Å²) >= 11 is 0. The number of carboxylic acids is 1. The van der Waals surface area contributed by atoms with E-state index < -0.39 is 5.97 Å². The molecule has 0 atom stereocenters. The number of amides is 1. The van der Waals surface area contributed by atoms with E-state index in [0.29, 0.717) is 0 Å². The van der Waals surface area contributed by atoms with Gasteiger partial charge in [-0.05, 0) is 37.5 Å². The van der Waals surface area contributed by atoms with Gasteiger partial charge in [0.15, 0.2) is 0 Å². The van der Waals surface area contributed by atoms with Crippen LogP contribution in [0.15, 0.2) is 0 Å². The molecule has 0 saturated heterocycles. The third-order valence-corrected chi connectivity index (χ3v) is 4.03. The standard InChI is InChI=1S/C15H27NO3/c1-11(2)4-3-5-12-6-8-13(9-7-12)15(19)16-10-14(17)18/h11-13H,3-10H2,1-2H3,(H,16,19)(H,17,18)/t12-,13-. The van der Waals surface area contributed by atoms with Crippen molar-refractivity contribution in [3.8, 4) is 0 Å². The zero-order chi connectivity index (χ0) is 14.3. The quantitative estimate of drug-likeness (QED) is 0.747. The second kappa shape index (κ2) is 8.18. The van der Waals surface area contributed by atoms with Crippen molar-refractivity contribution in [3.05, 3.63) is 0 Å². The van der Waals surface area contributed by atoms with Gasteiger partial charge in [0.25, 0.3) is 0 Å². The molecular weight excluding hydrogens is 242 g/mol. The molecule has 0 aliphatic heterocycles. The lowest BCUT2D eigenvalue weighted by Crippen LogP contribution is -2.36. The second-order valence-corrected chi connectivity index (χ2v) is 6.15. The number of hydrogen-bond acceptors (Lipinski definition) is 2. The molecule has 1 aliphatic rings. The van der Waals surface area contributed by atoms with Crippen molar-refractivity contribution in [2.45, 2.75) is 58.8 Å². The summed E-state index contributed by atoms with van der Waals surface area (Å²) in [5, 5.41) is 11.0. The Labute approximate surface area is 116 Å². The zero-order valence-electron chi connectivity index (χ0n) is 12.2. The fraction of sp³-hybridized carbons (Fsp3) is 0.867. The molecule has 0 unspecified atom stereocenters. The summed E-state index contributed by atoms with van der Waals surface area (Å²) in [5.74, 6) is 0.514. The molecule has 0 bridgehead atoms. The van der Waals surface area contributed by atoms with Crippen LogP contribution < -0.4 is 5.32 Å². The first-order chi connectivity index (χ1) is 8.99. The van der Waals surface area contributed by atoms with Crippen LogP contribution in [-0.2, 0) is 9.59 Å². The molecule has 0 aromatic rings. The number of carbonyl (C=O) groups excluding carboxylic acids is 1. The monoisotopic (exact) mass is 269 g/mol. The van der Waals surface area contributed by atoms with E-state index in [1.54, 1.807) is 0 Å². The topological polar surface area (TPSA) is 66.4 Å². The van der Waals surface area contributed by atoms with Crippen molar-refractivity contribution in [3.63, 3.8) is 0 Å². The Bertz CT molecular complexity index is 294. The minimum Gasteiger partial charge on any atom is -0.480 e. The van der Waals surface area contributed by atoms with E-state index in [1.807, 2.05) is 0 Å². The van der Waals surface area contributed by atoms with E-state index in [0.717, 1.165) is 37.5 Å². The fourth-order valence-electron chi connectivity index (χ4n) is 2.84. The van der Waals surface area contributed by atoms with E-state index >= 15 is 0 Å². The van der Waals surface area contributed by atoms with Crippen LogP contribution in [0.25, 0.3) is 0 Å². The fourth-order valence-corrected chi connectivity index (χ4v) is 2.84. The predicted octanol–water partition coefficient (Wildman–Crippen LogP) is 2.82. The Morgan fingerprint density at radius 3 is 2.37 bits per heavy atom. The lowest BCUT2D eigenvalue weighted by Gasteiger charge is -2.27. The van der Waals surface area contributed by atoms with E-state index in [9.17, 15) is 9.59 Å².